The van der Waals surface area contributed by atoms with Crippen LogP contribution in [-0.4, -0.2) is 23.8 Å². The summed E-state index contributed by atoms with van der Waals surface area (Å²) in [6, 6.07) is 3.05. The highest BCUT2D eigenvalue weighted by molar-refractivity contribution is 6.32. The molecule has 0 saturated heterocycles. The molecule has 0 unspecified atom stereocenters. The van der Waals surface area contributed by atoms with Crippen molar-refractivity contribution in [3.05, 3.63) is 34.2 Å². The van der Waals surface area contributed by atoms with Crippen LogP contribution in [-0.2, 0) is 9.53 Å². The van der Waals surface area contributed by atoms with Crippen molar-refractivity contribution in [2.24, 2.45) is 10.7 Å². The van der Waals surface area contributed by atoms with Crippen molar-refractivity contribution in [2.45, 2.75) is 6.92 Å². The van der Waals surface area contributed by atoms with Crippen molar-refractivity contribution in [1.82, 2.24) is 4.98 Å². The first kappa shape index (κ1) is 14.5. The number of hydrogen-bond donors (Lipinski definition) is 1. The first-order valence-electron chi connectivity index (χ1n) is 5.03. The molecule has 1 aromatic rings. The quantitative estimate of drug-likeness (QED) is 0.399. The number of carbonyl (C=O) groups is 1. The Morgan fingerprint density at radius 1 is 1.50 bits per heavy atom. The van der Waals surface area contributed by atoms with Gasteiger partial charge in [-0.3, -0.25) is 4.99 Å². The number of ether oxygens (including phenoxy) is 1. The number of allylic oxidation sites excluding steroid dienone is 1. The van der Waals surface area contributed by atoms with E-state index in [1.165, 1.54) is 24.4 Å². The number of carbonyl (C=O) groups excluding carboxylic acids is 1. The van der Waals surface area contributed by atoms with E-state index in [2.05, 4.69) is 9.98 Å². The molecule has 7 heteroatoms. The summed E-state index contributed by atoms with van der Waals surface area (Å²) in [4.78, 5) is 18.9. The third-order valence-corrected chi connectivity index (χ3v) is 2.12. The van der Waals surface area contributed by atoms with Gasteiger partial charge in [-0.2, -0.15) is 0 Å². The molecule has 0 aliphatic rings. The average molecular weight is 288 g/mol. The Kier molecular flexibility index (Phi) is 5.61. The molecule has 0 bridgehead atoms. The summed E-state index contributed by atoms with van der Waals surface area (Å²) in [6.07, 6.45) is 2.69. The zero-order valence-corrected chi connectivity index (χ0v) is 11.1. The molecule has 0 aliphatic heterocycles. The third-order valence-electron chi connectivity index (χ3n) is 1.74. The van der Waals surface area contributed by atoms with E-state index in [0.29, 0.717) is 5.69 Å². The predicted octanol–water partition coefficient (Wildman–Crippen LogP) is 2.50. The van der Waals surface area contributed by atoms with Crippen molar-refractivity contribution < 1.29 is 9.53 Å². The largest absolute Gasteiger partial charge is 0.461 e. The van der Waals surface area contributed by atoms with Crippen LogP contribution in [0.25, 0.3) is 0 Å². The fourth-order valence-corrected chi connectivity index (χ4v) is 1.46. The molecular weight excluding hydrogens is 277 g/mol. The molecule has 5 nitrogen and oxygen atoms in total. The van der Waals surface area contributed by atoms with Gasteiger partial charge in [0, 0.05) is 18.3 Å². The molecular formula is C11H11Cl2N3O2. The highest BCUT2D eigenvalue weighted by atomic mass is 35.5. The number of nitrogens with two attached hydrogens (primary N) is 1. The molecule has 0 aliphatic carbocycles. The smallest absolute Gasteiger partial charge is 0.354 e. The van der Waals surface area contributed by atoms with E-state index < -0.39 is 5.97 Å². The van der Waals surface area contributed by atoms with Crippen molar-refractivity contribution in [1.29, 1.82) is 0 Å². The summed E-state index contributed by atoms with van der Waals surface area (Å²) >= 11 is 11.4. The number of aromatic nitrogens is 1. The molecule has 2 N–H and O–H groups in total. The van der Waals surface area contributed by atoms with Crippen LogP contribution in [0.15, 0.2) is 28.9 Å². The lowest BCUT2D eigenvalue weighted by atomic mass is 10.4. The van der Waals surface area contributed by atoms with Crippen LogP contribution in [0.2, 0.25) is 10.3 Å². The van der Waals surface area contributed by atoms with Gasteiger partial charge in [-0.15, -0.1) is 0 Å². The Bertz CT molecular complexity index is 481. The van der Waals surface area contributed by atoms with E-state index >= 15 is 0 Å². The van der Waals surface area contributed by atoms with E-state index in [-0.39, 0.29) is 22.6 Å². The normalized spacial score (nSPS) is 11.8. The Labute approximate surface area is 114 Å². The number of rotatable bonds is 4. The molecule has 1 heterocycles. The van der Waals surface area contributed by atoms with Gasteiger partial charge < -0.3 is 10.5 Å². The summed E-state index contributed by atoms with van der Waals surface area (Å²) in [5.74, 6) is -0.588. The minimum absolute atomic E-state index is 0.0353. The van der Waals surface area contributed by atoms with E-state index in [0.717, 1.165) is 0 Å². The molecule has 0 spiro atoms. The third kappa shape index (κ3) is 4.73. The van der Waals surface area contributed by atoms with Gasteiger partial charge in [0.1, 0.15) is 16.0 Å². The van der Waals surface area contributed by atoms with Gasteiger partial charge in [-0.25, -0.2) is 9.78 Å². The molecule has 18 heavy (non-hydrogen) atoms. The van der Waals surface area contributed by atoms with Crippen molar-refractivity contribution in [3.8, 4) is 0 Å². The SMILES string of the molecule is CCOC(=O)C(N)=CC=Nc1cc(Cl)nc(Cl)c1. The molecule has 0 amide bonds. The number of halogens is 2. The van der Waals surface area contributed by atoms with Crippen LogP contribution in [0.1, 0.15) is 6.92 Å². The van der Waals surface area contributed by atoms with Crippen molar-refractivity contribution >= 4 is 41.1 Å². The lowest BCUT2D eigenvalue weighted by molar-refractivity contribution is -0.138. The number of esters is 1. The second-order valence-electron chi connectivity index (χ2n) is 3.09. The topological polar surface area (TPSA) is 77.6 Å². The summed E-state index contributed by atoms with van der Waals surface area (Å²) in [7, 11) is 0. The molecule has 0 aromatic carbocycles. The average Bonchev–Trinajstić information content (AvgIpc) is 2.27. The maximum Gasteiger partial charge on any atom is 0.354 e. The molecule has 1 rings (SSSR count). The zero-order valence-electron chi connectivity index (χ0n) is 9.56. The molecule has 0 fully saturated rings. The maximum absolute atomic E-state index is 11.2. The van der Waals surface area contributed by atoms with Gasteiger partial charge in [0.05, 0.1) is 12.3 Å². The maximum atomic E-state index is 11.2. The summed E-state index contributed by atoms with van der Waals surface area (Å²) in [6.45, 7) is 1.96. The first-order valence-corrected chi connectivity index (χ1v) is 5.78. The lowest BCUT2D eigenvalue weighted by Crippen LogP contribution is -2.14. The fourth-order valence-electron chi connectivity index (χ4n) is 1.01. The van der Waals surface area contributed by atoms with Crippen LogP contribution in [0.4, 0.5) is 5.69 Å². The Hall–Kier alpha value is -1.59. The first-order chi connectivity index (χ1) is 8.52. The highest BCUT2D eigenvalue weighted by Crippen LogP contribution is 2.20. The van der Waals surface area contributed by atoms with Crippen molar-refractivity contribution in [3.63, 3.8) is 0 Å². The van der Waals surface area contributed by atoms with Crippen LogP contribution in [0.3, 0.4) is 0 Å². The second-order valence-corrected chi connectivity index (χ2v) is 3.87. The molecule has 0 atom stereocenters. The number of nitrogens with zero attached hydrogens (tertiary/aromatic N) is 2. The highest BCUT2D eigenvalue weighted by Gasteiger charge is 2.03. The molecule has 1 aromatic heterocycles. The minimum Gasteiger partial charge on any atom is -0.461 e. The van der Waals surface area contributed by atoms with Crippen LogP contribution in [0, 0.1) is 0 Å². The summed E-state index contributed by atoms with van der Waals surface area (Å²) < 4.78 is 4.70. The molecule has 96 valence electrons. The monoisotopic (exact) mass is 287 g/mol. The fraction of sp³-hybridized carbons (Fsp3) is 0.182. The standard InChI is InChI=1S/C11H11Cl2N3O2/c1-2-18-11(17)8(14)3-4-15-7-5-9(12)16-10(13)6-7/h3-6H,2,14H2,1H3. The van der Waals surface area contributed by atoms with Crippen LogP contribution < -0.4 is 5.73 Å². The Balaban J connectivity index is 2.75. The Morgan fingerprint density at radius 2 is 2.11 bits per heavy atom. The van der Waals surface area contributed by atoms with Gasteiger partial charge in [-0.1, -0.05) is 23.2 Å². The van der Waals surface area contributed by atoms with E-state index in [9.17, 15) is 4.79 Å². The minimum atomic E-state index is -0.588. The van der Waals surface area contributed by atoms with E-state index in [1.54, 1.807) is 6.92 Å². The predicted molar refractivity (Wildman–Crippen MR) is 71.3 cm³/mol. The van der Waals surface area contributed by atoms with Gasteiger partial charge in [-0.05, 0) is 13.0 Å². The van der Waals surface area contributed by atoms with Crippen LogP contribution >= 0.6 is 23.2 Å². The summed E-state index contributed by atoms with van der Waals surface area (Å²) in [5, 5.41) is 0.467. The number of pyridine rings is 1. The van der Waals surface area contributed by atoms with E-state index in [4.69, 9.17) is 33.7 Å². The number of hydrogen-bond acceptors (Lipinski definition) is 5. The zero-order chi connectivity index (χ0) is 13.5. The van der Waals surface area contributed by atoms with E-state index in [1.807, 2.05) is 0 Å². The summed E-state index contributed by atoms with van der Waals surface area (Å²) in [5.41, 5.74) is 5.93. The van der Waals surface area contributed by atoms with Crippen molar-refractivity contribution in [2.75, 3.05) is 6.61 Å². The van der Waals surface area contributed by atoms with Gasteiger partial charge >= 0.3 is 5.97 Å². The molecule has 0 saturated carbocycles. The van der Waals surface area contributed by atoms with Gasteiger partial charge in [0.15, 0.2) is 0 Å². The van der Waals surface area contributed by atoms with Gasteiger partial charge in [0.25, 0.3) is 0 Å². The number of aliphatic imine (C=N–C) groups is 1. The van der Waals surface area contributed by atoms with Crippen LogP contribution in [0.5, 0.6) is 0 Å². The van der Waals surface area contributed by atoms with Gasteiger partial charge in [0.2, 0.25) is 0 Å². The lowest BCUT2D eigenvalue weighted by Gasteiger charge is -1.99. The molecule has 0 radical (unpaired) electrons. The second kappa shape index (κ2) is 6.98. The Morgan fingerprint density at radius 3 is 2.67 bits per heavy atom.